The van der Waals surface area contributed by atoms with Crippen molar-refractivity contribution in [3.63, 3.8) is 0 Å². The molecule has 5 heterocycles. The van der Waals surface area contributed by atoms with Crippen LogP contribution in [0.25, 0.3) is 22.3 Å². The van der Waals surface area contributed by atoms with Gasteiger partial charge in [0.1, 0.15) is 11.4 Å². The number of carbonyl (C=O) groups excluding carboxylic acids is 1. The smallest absolute Gasteiger partial charge is 0.270 e. The molecule has 0 atom stereocenters. The number of fused-ring (bicyclic) bond motifs is 1. The van der Waals surface area contributed by atoms with E-state index in [0.717, 1.165) is 67.1 Å². The lowest BCUT2D eigenvalue weighted by Gasteiger charge is -2.47. The van der Waals surface area contributed by atoms with Crippen molar-refractivity contribution in [2.75, 3.05) is 38.0 Å². The van der Waals surface area contributed by atoms with Gasteiger partial charge < -0.3 is 24.7 Å². The number of hydrogen-bond acceptors (Lipinski definition) is 6. The number of hydrogen-bond donors (Lipinski definition) is 2. The Hall–Kier alpha value is -3.43. The Morgan fingerprint density at radius 2 is 2.06 bits per heavy atom. The maximum Gasteiger partial charge on any atom is 0.270 e. The molecule has 10 heteroatoms. The van der Waals surface area contributed by atoms with E-state index in [4.69, 9.17) is 11.6 Å². The van der Waals surface area contributed by atoms with Crippen LogP contribution in [0.15, 0.2) is 43.0 Å². The third-order valence-corrected chi connectivity index (χ3v) is 7.38. The van der Waals surface area contributed by atoms with Gasteiger partial charge in [0.05, 0.1) is 22.6 Å². The van der Waals surface area contributed by atoms with Gasteiger partial charge >= 0.3 is 0 Å². The molecule has 6 rings (SSSR count). The molecular weight excluding hydrogens is 464 g/mol. The summed E-state index contributed by atoms with van der Waals surface area (Å²) in [7, 11) is 1.92. The van der Waals surface area contributed by atoms with E-state index < -0.39 is 0 Å². The minimum atomic E-state index is 0.0324. The maximum atomic E-state index is 13.3. The number of aromatic amines is 1. The Morgan fingerprint density at radius 3 is 2.83 bits per heavy atom. The molecule has 0 unspecified atom stereocenters. The van der Waals surface area contributed by atoms with Gasteiger partial charge in [-0.3, -0.25) is 4.79 Å². The Balaban J connectivity index is 1.21. The van der Waals surface area contributed by atoms with E-state index in [1.807, 2.05) is 47.0 Å². The number of nitrogens with one attached hydrogen (secondary N) is 2. The van der Waals surface area contributed by atoms with E-state index in [-0.39, 0.29) is 11.3 Å². The van der Waals surface area contributed by atoms with Gasteiger partial charge in [-0.1, -0.05) is 18.5 Å². The van der Waals surface area contributed by atoms with Gasteiger partial charge in [0.2, 0.25) is 5.95 Å². The van der Waals surface area contributed by atoms with Crippen molar-refractivity contribution in [2.24, 2.45) is 12.5 Å². The number of aromatic nitrogens is 5. The first-order valence-electron chi connectivity index (χ1n) is 11.8. The predicted molar refractivity (Wildman–Crippen MR) is 136 cm³/mol. The minimum absolute atomic E-state index is 0.0324. The topological polar surface area (TPSA) is 95.0 Å². The number of carbonyl (C=O) groups is 1. The van der Waals surface area contributed by atoms with Crippen molar-refractivity contribution >= 4 is 40.0 Å². The van der Waals surface area contributed by atoms with Crippen LogP contribution in [-0.2, 0) is 7.05 Å². The van der Waals surface area contributed by atoms with Gasteiger partial charge in [-0.2, -0.15) is 0 Å². The molecule has 0 aliphatic carbocycles. The second-order valence-corrected chi connectivity index (χ2v) is 10.1. The van der Waals surface area contributed by atoms with Gasteiger partial charge in [0.25, 0.3) is 5.91 Å². The number of imidazole rings is 1. The molecule has 0 radical (unpaired) electrons. The Bertz CT molecular complexity index is 1420. The summed E-state index contributed by atoms with van der Waals surface area (Å²) < 4.78 is 1.87. The lowest BCUT2D eigenvalue weighted by molar-refractivity contribution is 0.0130. The van der Waals surface area contributed by atoms with E-state index >= 15 is 0 Å². The van der Waals surface area contributed by atoms with Crippen LogP contribution in [0, 0.1) is 5.41 Å². The van der Waals surface area contributed by atoms with Crippen LogP contribution >= 0.6 is 11.6 Å². The molecule has 2 fully saturated rings. The molecule has 180 valence electrons. The van der Waals surface area contributed by atoms with E-state index in [9.17, 15) is 4.79 Å². The molecule has 0 saturated carbocycles. The summed E-state index contributed by atoms with van der Waals surface area (Å²) in [5.74, 6) is 0.476. The Labute approximate surface area is 208 Å². The van der Waals surface area contributed by atoms with Crippen molar-refractivity contribution in [3.8, 4) is 11.4 Å². The summed E-state index contributed by atoms with van der Waals surface area (Å²) in [6.07, 6.45) is 6.40. The number of nitrogens with zero attached hydrogens (tertiary/aromatic N) is 6. The second-order valence-electron chi connectivity index (χ2n) is 9.70. The van der Waals surface area contributed by atoms with Gasteiger partial charge in [-0.25, -0.2) is 15.0 Å². The number of aryl methyl sites for hydroxylation is 1. The zero-order valence-corrected chi connectivity index (χ0v) is 20.5. The largest absolute Gasteiger partial charge is 0.349 e. The number of H-pyrrole nitrogens is 1. The first kappa shape index (κ1) is 22.1. The van der Waals surface area contributed by atoms with Gasteiger partial charge in [0.15, 0.2) is 0 Å². The summed E-state index contributed by atoms with van der Waals surface area (Å²) in [6.45, 7) is 7.06. The molecule has 35 heavy (non-hydrogen) atoms. The van der Waals surface area contributed by atoms with E-state index in [1.165, 1.54) is 0 Å². The number of likely N-dealkylation sites (tertiary alicyclic amines) is 2. The summed E-state index contributed by atoms with van der Waals surface area (Å²) >= 11 is 6.59. The zero-order chi connectivity index (χ0) is 24.2. The number of benzene rings is 1. The first-order valence-corrected chi connectivity index (χ1v) is 12.2. The summed E-state index contributed by atoms with van der Waals surface area (Å²) in [5.41, 5.74) is 3.83. The molecular formula is C25H27ClN8O. The summed E-state index contributed by atoms with van der Waals surface area (Å²) in [4.78, 5) is 34.2. The molecule has 2 aliphatic heterocycles. The van der Waals surface area contributed by atoms with Gasteiger partial charge in [-0.15, -0.1) is 0 Å². The van der Waals surface area contributed by atoms with Gasteiger partial charge in [-0.05, 0) is 37.2 Å². The average Bonchev–Trinajstić information content (AvgIpc) is 3.56. The molecule has 2 N–H and O–H groups in total. The van der Waals surface area contributed by atoms with Crippen LogP contribution in [-0.4, -0.2) is 72.9 Å². The van der Waals surface area contributed by atoms with Crippen molar-refractivity contribution in [3.05, 3.63) is 53.7 Å². The Morgan fingerprint density at radius 1 is 1.20 bits per heavy atom. The zero-order valence-electron chi connectivity index (χ0n) is 19.8. The van der Waals surface area contributed by atoms with Crippen molar-refractivity contribution in [1.82, 2.24) is 34.3 Å². The third-order valence-electron chi connectivity index (χ3n) is 7.08. The Kier molecular flexibility index (Phi) is 5.26. The van der Waals surface area contributed by atoms with Crippen LogP contribution < -0.4 is 5.32 Å². The third kappa shape index (κ3) is 4.04. The standard InChI is InChI=1S/C25H27ClN8O/c1-3-33-12-25(13-33)5-7-34(14-25)23(35)20-9-16-8-17(10-18(26)22(16)30-20)29-24-27-6-4-19(31-24)21-11-32(2)15-28-21/h4,6,8-11,15,30H,3,5,7,12-14H2,1-2H3,(H,27,29,31). The van der Waals surface area contributed by atoms with E-state index in [0.29, 0.717) is 16.7 Å². The molecule has 1 spiro atoms. The van der Waals surface area contributed by atoms with Crippen LogP contribution in [0.4, 0.5) is 11.6 Å². The quantitative estimate of drug-likeness (QED) is 0.440. The highest BCUT2D eigenvalue weighted by Gasteiger charge is 2.48. The van der Waals surface area contributed by atoms with Crippen molar-refractivity contribution in [1.29, 1.82) is 0 Å². The second kappa shape index (κ2) is 8.35. The summed E-state index contributed by atoms with van der Waals surface area (Å²) in [5, 5.41) is 4.62. The molecule has 1 amide bonds. The fraction of sp³-hybridized carbons (Fsp3) is 0.360. The lowest BCUT2D eigenvalue weighted by atomic mass is 9.79. The molecule has 2 saturated heterocycles. The SMILES string of the molecule is CCN1CC2(CCN(C(=O)c3cc4cc(Nc5nccc(-c6cn(C)cn6)n5)cc(Cl)c4[nH]3)C2)C1. The van der Waals surface area contributed by atoms with Crippen LogP contribution in [0.3, 0.4) is 0 Å². The predicted octanol–water partition coefficient (Wildman–Crippen LogP) is 3.92. The first-order chi connectivity index (χ1) is 16.9. The number of rotatable bonds is 5. The number of anilines is 2. The highest BCUT2D eigenvalue weighted by Crippen LogP contribution is 2.40. The van der Waals surface area contributed by atoms with E-state index in [2.05, 4.69) is 37.1 Å². The van der Waals surface area contributed by atoms with Crippen LogP contribution in [0.2, 0.25) is 5.02 Å². The molecule has 9 nitrogen and oxygen atoms in total. The van der Waals surface area contributed by atoms with Gasteiger partial charge in [0, 0.05) is 62.1 Å². The van der Waals surface area contributed by atoms with Crippen LogP contribution in [0.1, 0.15) is 23.8 Å². The molecule has 4 aromatic rings. The van der Waals surface area contributed by atoms with E-state index in [1.54, 1.807) is 12.5 Å². The number of amides is 1. The minimum Gasteiger partial charge on any atom is -0.349 e. The lowest BCUT2D eigenvalue weighted by Crippen LogP contribution is -2.57. The molecule has 2 aliphatic rings. The van der Waals surface area contributed by atoms with Crippen molar-refractivity contribution in [2.45, 2.75) is 13.3 Å². The molecule has 3 aromatic heterocycles. The molecule has 1 aromatic carbocycles. The fourth-order valence-corrected chi connectivity index (χ4v) is 5.56. The highest BCUT2D eigenvalue weighted by molar-refractivity contribution is 6.35. The molecule has 0 bridgehead atoms. The highest BCUT2D eigenvalue weighted by atomic mass is 35.5. The average molecular weight is 491 g/mol. The summed E-state index contributed by atoms with van der Waals surface area (Å²) in [6, 6.07) is 7.45. The monoisotopic (exact) mass is 490 g/mol. The maximum absolute atomic E-state index is 13.3. The normalized spacial score (nSPS) is 17.3. The van der Waals surface area contributed by atoms with Crippen LogP contribution in [0.5, 0.6) is 0 Å². The number of halogens is 1. The van der Waals surface area contributed by atoms with Crippen molar-refractivity contribution < 1.29 is 4.79 Å². The fourth-order valence-electron chi connectivity index (χ4n) is 5.29.